The van der Waals surface area contributed by atoms with Gasteiger partial charge < -0.3 is 19.9 Å². The molecule has 7 heteroatoms. The summed E-state index contributed by atoms with van der Waals surface area (Å²) in [6.45, 7) is 3.46. The van der Waals surface area contributed by atoms with Crippen LogP contribution in [0.2, 0.25) is 0 Å². The van der Waals surface area contributed by atoms with Crippen LogP contribution in [0.1, 0.15) is 45.8 Å². The molecule has 3 heterocycles. The summed E-state index contributed by atoms with van der Waals surface area (Å²) in [4.78, 5) is 31.0. The summed E-state index contributed by atoms with van der Waals surface area (Å²) in [7, 11) is 1.68. The van der Waals surface area contributed by atoms with Crippen molar-refractivity contribution in [3.8, 4) is 5.75 Å². The summed E-state index contributed by atoms with van der Waals surface area (Å²) in [5.74, 6) is 1.31. The molecule has 4 rings (SSSR count). The normalized spacial score (nSPS) is 14.9. The number of nitrogens with one attached hydrogen (secondary N) is 2. The minimum absolute atomic E-state index is 0.0664. The number of carbonyl (C=O) groups is 2. The number of aromatic nitrogens is 1. The minimum atomic E-state index is -0.0664. The lowest BCUT2D eigenvalue weighted by Gasteiger charge is -2.31. The maximum Gasteiger partial charge on any atom is 0.263 e. The molecule has 0 radical (unpaired) electrons. The summed E-state index contributed by atoms with van der Waals surface area (Å²) in [6.07, 6.45) is 3.99. The van der Waals surface area contributed by atoms with Crippen LogP contribution in [0.15, 0.2) is 36.5 Å². The highest BCUT2D eigenvalue weighted by atomic mass is 32.1. The van der Waals surface area contributed by atoms with Crippen molar-refractivity contribution in [2.24, 2.45) is 0 Å². The number of nitrogens with zero attached hydrogens (tertiary/aromatic N) is 1. The van der Waals surface area contributed by atoms with Gasteiger partial charge in [0.15, 0.2) is 0 Å². The molecular formula is C22H25N3O3S. The highest BCUT2D eigenvalue weighted by Crippen LogP contribution is 2.35. The third-order valence-corrected chi connectivity index (χ3v) is 6.60. The van der Waals surface area contributed by atoms with Crippen LogP contribution in [-0.2, 0) is 11.3 Å². The lowest BCUT2D eigenvalue weighted by atomic mass is 9.89. The predicted molar refractivity (Wildman–Crippen MR) is 115 cm³/mol. The molecule has 3 aromatic rings. The monoisotopic (exact) mass is 411 g/mol. The Morgan fingerprint density at radius 1 is 1.24 bits per heavy atom. The molecular weight excluding hydrogens is 386 g/mol. The molecule has 152 valence electrons. The van der Waals surface area contributed by atoms with Crippen molar-refractivity contribution < 1.29 is 14.3 Å². The maximum atomic E-state index is 12.9. The van der Waals surface area contributed by atoms with E-state index in [2.05, 4.69) is 22.6 Å². The number of amides is 2. The molecule has 6 nitrogen and oxygen atoms in total. The van der Waals surface area contributed by atoms with Gasteiger partial charge in [0.25, 0.3) is 5.91 Å². The largest absolute Gasteiger partial charge is 0.497 e. The van der Waals surface area contributed by atoms with E-state index in [9.17, 15) is 9.59 Å². The molecule has 1 aliphatic rings. The molecule has 0 bridgehead atoms. The zero-order chi connectivity index (χ0) is 20.4. The van der Waals surface area contributed by atoms with E-state index in [1.807, 2.05) is 29.2 Å². The van der Waals surface area contributed by atoms with Gasteiger partial charge in [-0.05, 0) is 54.7 Å². The topological polar surface area (TPSA) is 74.4 Å². The first-order valence-corrected chi connectivity index (χ1v) is 10.6. The van der Waals surface area contributed by atoms with Gasteiger partial charge in [0.05, 0.1) is 18.5 Å². The van der Waals surface area contributed by atoms with Gasteiger partial charge in [-0.25, -0.2) is 0 Å². The van der Waals surface area contributed by atoms with Crippen LogP contribution in [0.4, 0.5) is 0 Å². The summed E-state index contributed by atoms with van der Waals surface area (Å²) in [5.41, 5.74) is 2.42. The number of thiophene rings is 1. The number of methoxy groups -OCH3 is 1. The van der Waals surface area contributed by atoms with Crippen molar-refractivity contribution in [1.82, 2.24) is 15.2 Å². The zero-order valence-corrected chi connectivity index (χ0v) is 17.5. The molecule has 2 N–H and O–H groups in total. The van der Waals surface area contributed by atoms with Crippen molar-refractivity contribution in [2.45, 2.75) is 32.2 Å². The fourth-order valence-corrected chi connectivity index (χ4v) is 4.85. The van der Waals surface area contributed by atoms with Gasteiger partial charge in [0.2, 0.25) is 5.91 Å². The van der Waals surface area contributed by atoms with Gasteiger partial charge >= 0.3 is 0 Å². The number of hydrogen-bond acceptors (Lipinski definition) is 4. The molecule has 1 fully saturated rings. The second kappa shape index (κ2) is 8.29. The fourth-order valence-electron chi connectivity index (χ4n) is 3.93. The van der Waals surface area contributed by atoms with E-state index in [-0.39, 0.29) is 11.8 Å². The van der Waals surface area contributed by atoms with Crippen LogP contribution >= 0.6 is 11.3 Å². The standard InChI is InChI=1S/C22H25N3O3S/c1-14(26)23-12-17-4-6-21(29-17)22(27)25-9-7-15(8-10-25)19-13-24-20-5-3-16(28-2)11-18(19)20/h3-6,11,13,15,24H,7-10,12H2,1-2H3,(H,23,26). The number of fused-ring (bicyclic) bond motifs is 1. The van der Waals surface area contributed by atoms with E-state index in [4.69, 9.17) is 4.74 Å². The number of hydrogen-bond donors (Lipinski definition) is 2. The van der Waals surface area contributed by atoms with Gasteiger partial charge in [0, 0.05) is 42.0 Å². The smallest absolute Gasteiger partial charge is 0.263 e. The molecule has 0 aliphatic carbocycles. The number of carbonyl (C=O) groups excluding carboxylic acids is 2. The van der Waals surface area contributed by atoms with Crippen LogP contribution < -0.4 is 10.1 Å². The molecule has 1 aliphatic heterocycles. The van der Waals surface area contributed by atoms with Gasteiger partial charge in [-0.2, -0.15) is 0 Å². The van der Waals surface area contributed by atoms with E-state index in [0.29, 0.717) is 12.5 Å². The molecule has 2 amide bonds. The Hall–Kier alpha value is -2.80. The first-order chi connectivity index (χ1) is 14.0. The Morgan fingerprint density at radius 2 is 2.03 bits per heavy atom. The van der Waals surface area contributed by atoms with Crippen molar-refractivity contribution >= 4 is 34.1 Å². The lowest BCUT2D eigenvalue weighted by Crippen LogP contribution is -2.37. The molecule has 0 spiro atoms. The number of aromatic amines is 1. The lowest BCUT2D eigenvalue weighted by molar-refractivity contribution is -0.119. The van der Waals surface area contributed by atoms with Gasteiger partial charge in [-0.15, -0.1) is 11.3 Å². The Labute approximate surface area is 173 Å². The summed E-state index contributed by atoms with van der Waals surface area (Å²) in [6, 6.07) is 9.87. The van der Waals surface area contributed by atoms with Gasteiger partial charge in [0.1, 0.15) is 5.75 Å². The Kier molecular flexibility index (Phi) is 5.58. The van der Waals surface area contributed by atoms with E-state index < -0.39 is 0 Å². The Balaban J connectivity index is 1.40. The minimum Gasteiger partial charge on any atom is -0.497 e. The number of likely N-dealkylation sites (tertiary alicyclic amines) is 1. The van der Waals surface area contributed by atoms with Crippen LogP contribution in [0.3, 0.4) is 0 Å². The van der Waals surface area contributed by atoms with Crippen molar-refractivity contribution in [3.63, 3.8) is 0 Å². The average molecular weight is 412 g/mol. The van der Waals surface area contributed by atoms with Crippen LogP contribution in [0.25, 0.3) is 10.9 Å². The van der Waals surface area contributed by atoms with Crippen LogP contribution in [0, 0.1) is 0 Å². The molecule has 2 aromatic heterocycles. The number of benzene rings is 1. The number of H-pyrrole nitrogens is 1. The van der Waals surface area contributed by atoms with Gasteiger partial charge in [-0.3, -0.25) is 9.59 Å². The molecule has 0 unspecified atom stereocenters. The van der Waals surface area contributed by atoms with E-state index in [1.165, 1.54) is 29.2 Å². The third-order valence-electron chi connectivity index (χ3n) is 5.53. The Morgan fingerprint density at radius 3 is 2.76 bits per heavy atom. The van der Waals surface area contributed by atoms with Crippen LogP contribution in [-0.4, -0.2) is 41.9 Å². The first kappa shape index (κ1) is 19.5. The second-order valence-corrected chi connectivity index (χ2v) is 8.57. The quantitative estimate of drug-likeness (QED) is 0.669. The Bertz CT molecular complexity index is 1030. The number of ether oxygens (including phenoxy) is 1. The summed E-state index contributed by atoms with van der Waals surface area (Å²) in [5, 5.41) is 3.98. The first-order valence-electron chi connectivity index (χ1n) is 9.82. The van der Waals surface area contributed by atoms with Crippen molar-refractivity contribution in [1.29, 1.82) is 0 Å². The predicted octanol–water partition coefficient (Wildman–Crippen LogP) is 3.89. The van der Waals surface area contributed by atoms with E-state index in [1.54, 1.807) is 7.11 Å². The maximum absolute atomic E-state index is 12.9. The third kappa shape index (κ3) is 4.15. The van der Waals surface area contributed by atoms with Crippen LogP contribution in [0.5, 0.6) is 5.75 Å². The summed E-state index contributed by atoms with van der Waals surface area (Å²) >= 11 is 1.46. The second-order valence-electron chi connectivity index (χ2n) is 7.40. The molecule has 29 heavy (non-hydrogen) atoms. The van der Waals surface area contributed by atoms with Gasteiger partial charge in [-0.1, -0.05) is 0 Å². The highest BCUT2D eigenvalue weighted by Gasteiger charge is 2.27. The van der Waals surface area contributed by atoms with Crippen molar-refractivity contribution in [2.75, 3.05) is 20.2 Å². The zero-order valence-electron chi connectivity index (χ0n) is 16.7. The summed E-state index contributed by atoms with van der Waals surface area (Å²) < 4.78 is 5.38. The van der Waals surface area contributed by atoms with E-state index in [0.717, 1.165) is 47.0 Å². The number of rotatable bonds is 5. The van der Waals surface area contributed by atoms with Crippen molar-refractivity contribution in [3.05, 3.63) is 51.8 Å². The molecule has 1 aromatic carbocycles. The SMILES string of the molecule is COc1ccc2[nH]cc(C3CCN(C(=O)c4ccc(CNC(C)=O)s4)CC3)c2c1. The molecule has 1 saturated heterocycles. The van der Waals surface area contributed by atoms with E-state index >= 15 is 0 Å². The molecule has 0 atom stereocenters. The molecule has 0 saturated carbocycles. The highest BCUT2D eigenvalue weighted by molar-refractivity contribution is 7.14. The fraction of sp³-hybridized carbons (Fsp3) is 0.364. The average Bonchev–Trinajstić information content (AvgIpc) is 3.38. The number of piperidine rings is 1.